The summed E-state index contributed by atoms with van der Waals surface area (Å²) >= 11 is 0. The lowest BCUT2D eigenvalue weighted by atomic mass is 9.90. The molecule has 1 aromatic heterocycles. The van der Waals surface area contributed by atoms with Crippen molar-refractivity contribution in [3.63, 3.8) is 0 Å². The Labute approximate surface area is 138 Å². The first kappa shape index (κ1) is 17.6. The molecule has 1 aromatic rings. The molecule has 1 fully saturated rings. The van der Waals surface area contributed by atoms with Gasteiger partial charge in [-0.25, -0.2) is 0 Å². The molecule has 1 N–H and O–H groups in total. The van der Waals surface area contributed by atoms with Crippen molar-refractivity contribution in [3.05, 3.63) is 23.7 Å². The Balaban J connectivity index is 1.85. The zero-order chi connectivity index (χ0) is 17.2. The number of likely N-dealkylation sites (tertiary alicyclic amines) is 1. The lowest BCUT2D eigenvalue weighted by molar-refractivity contribution is -0.142. The average Bonchev–Trinajstić information content (AvgIpc) is 2.92. The third-order valence-corrected chi connectivity index (χ3v) is 4.34. The quantitative estimate of drug-likeness (QED) is 0.931. The Hall–Kier alpha value is -1.78. The van der Waals surface area contributed by atoms with Gasteiger partial charge in [0.1, 0.15) is 11.5 Å². The lowest BCUT2D eigenvalue weighted by Crippen LogP contribution is -2.46. The standard InChI is InChI=1S/C18H28N2O3/c1-12-6-7-15(23-12)13(2)19-16(21)14-8-10-20(11-9-14)17(22)18(3,4)5/h6-7,13-14H,8-11H2,1-5H3,(H,19,21). The van der Waals surface area contributed by atoms with E-state index in [1.54, 1.807) is 0 Å². The van der Waals surface area contributed by atoms with Gasteiger partial charge in [0, 0.05) is 24.4 Å². The molecule has 128 valence electrons. The van der Waals surface area contributed by atoms with Crippen LogP contribution in [0.3, 0.4) is 0 Å². The van der Waals surface area contributed by atoms with Gasteiger partial charge in [0.05, 0.1) is 6.04 Å². The molecule has 0 spiro atoms. The number of carbonyl (C=O) groups is 2. The van der Waals surface area contributed by atoms with Crippen molar-refractivity contribution < 1.29 is 14.0 Å². The zero-order valence-corrected chi connectivity index (χ0v) is 14.8. The molecule has 2 amide bonds. The monoisotopic (exact) mass is 320 g/mol. The predicted molar refractivity (Wildman–Crippen MR) is 88.8 cm³/mol. The number of piperidine rings is 1. The van der Waals surface area contributed by atoms with Gasteiger partial charge in [-0.3, -0.25) is 9.59 Å². The van der Waals surface area contributed by atoms with E-state index >= 15 is 0 Å². The number of amides is 2. The highest BCUT2D eigenvalue weighted by Crippen LogP contribution is 2.24. The average molecular weight is 320 g/mol. The highest BCUT2D eigenvalue weighted by atomic mass is 16.3. The van der Waals surface area contributed by atoms with Gasteiger partial charge >= 0.3 is 0 Å². The van der Waals surface area contributed by atoms with Crippen molar-refractivity contribution in [1.29, 1.82) is 0 Å². The lowest BCUT2D eigenvalue weighted by Gasteiger charge is -2.35. The maximum Gasteiger partial charge on any atom is 0.227 e. The van der Waals surface area contributed by atoms with Gasteiger partial charge in [0.15, 0.2) is 0 Å². The molecule has 0 saturated carbocycles. The SMILES string of the molecule is Cc1ccc(C(C)NC(=O)C2CCN(C(=O)C(C)(C)C)CC2)o1. The van der Waals surface area contributed by atoms with Crippen LogP contribution in [0.4, 0.5) is 0 Å². The zero-order valence-electron chi connectivity index (χ0n) is 14.8. The van der Waals surface area contributed by atoms with Crippen molar-refractivity contribution in [2.45, 2.75) is 53.5 Å². The number of nitrogens with zero attached hydrogens (tertiary/aromatic N) is 1. The summed E-state index contributed by atoms with van der Waals surface area (Å²) in [5.41, 5.74) is -0.360. The van der Waals surface area contributed by atoms with E-state index in [0.29, 0.717) is 13.1 Å². The van der Waals surface area contributed by atoms with Crippen LogP contribution in [0, 0.1) is 18.3 Å². The molecule has 0 radical (unpaired) electrons. The first-order valence-electron chi connectivity index (χ1n) is 8.34. The number of hydrogen-bond acceptors (Lipinski definition) is 3. The molecule has 1 aliphatic heterocycles. The fraction of sp³-hybridized carbons (Fsp3) is 0.667. The summed E-state index contributed by atoms with van der Waals surface area (Å²) in [5.74, 6) is 1.80. The minimum absolute atomic E-state index is 0.0301. The summed E-state index contributed by atoms with van der Waals surface area (Å²) in [6.45, 7) is 10.9. The molecule has 1 unspecified atom stereocenters. The third kappa shape index (κ3) is 4.36. The Kier molecular flexibility index (Phi) is 5.17. The van der Waals surface area contributed by atoms with Gasteiger partial charge < -0.3 is 14.6 Å². The molecule has 0 aromatic carbocycles. The largest absolute Gasteiger partial charge is 0.464 e. The first-order chi connectivity index (χ1) is 10.7. The maximum atomic E-state index is 12.4. The van der Waals surface area contributed by atoms with E-state index in [-0.39, 0.29) is 29.2 Å². The summed E-state index contributed by atoms with van der Waals surface area (Å²) in [6, 6.07) is 3.66. The van der Waals surface area contributed by atoms with Crippen LogP contribution in [0.25, 0.3) is 0 Å². The maximum absolute atomic E-state index is 12.4. The van der Waals surface area contributed by atoms with Gasteiger partial charge in [-0.2, -0.15) is 0 Å². The van der Waals surface area contributed by atoms with E-state index in [2.05, 4.69) is 5.32 Å². The van der Waals surface area contributed by atoms with Gasteiger partial charge in [-0.05, 0) is 38.8 Å². The molecule has 5 nitrogen and oxygen atoms in total. The highest BCUT2D eigenvalue weighted by Gasteiger charge is 2.32. The van der Waals surface area contributed by atoms with Crippen LogP contribution in [0.1, 0.15) is 58.1 Å². The topological polar surface area (TPSA) is 62.6 Å². The number of hydrogen-bond donors (Lipinski definition) is 1. The van der Waals surface area contributed by atoms with Gasteiger partial charge in [0.2, 0.25) is 11.8 Å². The van der Waals surface area contributed by atoms with E-state index in [1.807, 2.05) is 51.7 Å². The highest BCUT2D eigenvalue weighted by molar-refractivity contribution is 5.82. The predicted octanol–water partition coefficient (Wildman–Crippen LogP) is 3.05. The van der Waals surface area contributed by atoms with Crippen LogP contribution in [-0.4, -0.2) is 29.8 Å². The normalized spacial score (nSPS) is 17.9. The van der Waals surface area contributed by atoms with E-state index < -0.39 is 0 Å². The summed E-state index contributed by atoms with van der Waals surface area (Å²) in [4.78, 5) is 26.6. The Bertz CT molecular complexity index is 563. The molecule has 23 heavy (non-hydrogen) atoms. The second-order valence-corrected chi connectivity index (χ2v) is 7.50. The molecular weight excluding hydrogens is 292 g/mol. The summed E-state index contributed by atoms with van der Waals surface area (Å²) in [5, 5.41) is 3.02. The van der Waals surface area contributed by atoms with E-state index in [4.69, 9.17) is 4.42 Å². The van der Waals surface area contributed by atoms with E-state index in [9.17, 15) is 9.59 Å². The van der Waals surface area contributed by atoms with Crippen molar-refractivity contribution >= 4 is 11.8 Å². The van der Waals surface area contributed by atoms with Gasteiger partial charge in [-0.15, -0.1) is 0 Å². The molecule has 1 atom stereocenters. The Morgan fingerprint density at radius 2 is 1.87 bits per heavy atom. The Morgan fingerprint density at radius 1 is 1.26 bits per heavy atom. The van der Waals surface area contributed by atoms with Gasteiger partial charge in [-0.1, -0.05) is 20.8 Å². The van der Waals surface area contributed by atoms with Crippen molar-refractivity contribution in [2.24, 2.45) is 11.3 Å². The number of nitrogens with one attached hydrogen (secondary N) is 1. The summed E-state index contributed by atoms with van der Waals surface area (Å²) in [6.07, 6.45) is 1.44. The molecular formula is C18H28N2O3. The number of furan rings is 1. The smallest absolute Gasteiger partial charge is 0.227 e. The molecule has 0 aliphatic carbocycles. The van der Waals surface area contributed by atoms with Crippen LogP contribution < -0.4 is 5.32 Å². The van der Waals surface area contributed by atoms with Crippen LogP contribution in [0.15, 0.2) is 16.5 Å². The molecule has 2 heterocycles. The fourth-order valence-electron chi connectivity index (χ4n) is 2.91. The van der Waals surface area contributed by atoms with Crippen molar-refractivity contribution in [2.75, 3.05) is 13.1 Å². The van der Waals surface area contributed by atoms with E-state index in [0.717, 1.165) is 24.4 Å². The first-order valence-corrected chi connectivity index (χ1v) is 8.34. The summed E-state index contributed by atoms with van der Waals surface area (Å²) in [7, 11) is 0. The van der Waals surface area contributed by atoms with Crippen LogP contribution in [0.5, 0.6) is 0 Å². The molecule has 1 saturated heterocycles. The third-order valence-electron chi connectivity index (χ3n) is 4.34. The number of aryl methyl sites for hydroxylation is 1. The second kappa shape index (κ2) is 6.77. The Morgan fingerprint density at radius 3 is 2.35 bits per heavy atom. The van der Waals surface area contributed by atoms with Crippen LogP contribution >= 0.6 is 0 Å². The van der Waals surface area contributed by atoms with Crippen LogP contribution in [-0.2, 0) is 9.59 Å². The van der Waals surface area contributed by atoms with Gasteiger partial charge in [0.25, 0.3) is 0 Å². The second-order valence-electron chi connectivity index (χ2n) is 7.50. The van der Waals surface area contributed by atoms with Crippen molar-refractivity contribution in [3.8, 4) is 0 Å². The molecule has 2 rings (SSSR count). The number of rotatable bonds is 3. The minimum Gasteiger partial charge on any atom is -0.464 e. The van der Waals surface area contributed by atoms with E-state index in [1.165, 1.54) is 0 Å². The minimum atomic E-state index is -0.360. The molecule has 5 heteroatoms. The van der Waals surface area contributed by atoms with Crippen LogP contribution in [0.2, 0.25) is 0 Å². The molecule has 1 aliphatic rings. The summed E-state index contributed by atoms with van der Waals surface area (Å²) < 4.78 is 5.55. The fourth-order valence-corrected chi connectivity index (χ4v) is 2.91. The number of carbonyl (C=O) groups excluding carboxylic acids is 2. The van der Waals surface area contributed by atoms with Crippen molar-refractivity contribution in [1.82, 2.24) is 10.2 Å². The molecule has 0 bridgehead atoms.